The van der Waals surface area contributed by atoms with Gasteiger partial charge in [-0.15, -0.1) is 0 Å². The Balaban J connectivity index is 5.64. The third-order valence-corrected chi connectivity index (χ3v) is 22.9. The Labute approximate surface area is 157 Å². The van der Waals surface area contributed by atoms with Crippen LogP contribution in [0.3, 0.4) is 0 Å². The van der Waals surface area contributed by atoms with Crippen molar-refractivity contribution in [1.82, 2.24) is 0 Å². The van der Waals surface area contributed by atoms with Crippen LogP contribution < -0.4 is 0 Å². The molecule has 0 rings (SSSR count). The van der Waals surface area contributed by atoms with Gasteiger partial charge in [0, 0.05) is 0 Å². The molecule has 0 aliphatic rings. The lowest BCUT2D eigenvalue weighted by molar-refractivity contribution is 0.371. The van der Waals surface area contributed by atoms with Crippen molar-refractivity contribution in [3.63, 3.8) is 0 Å². The Hall–Kier alpha value is 0.571. The maximum Gasteiger partial charge on any atom is 0.297 e. The van der Waals surface area contributed by atoms with Crippen molar-refractivity contribution in [2.45, 2.75) is 123 Å². The topological polar surface area (TPSA) is 18.5 Å². The number of hydrogen-bond donors (Lipinski definition) is 0. The van der Waals surface area contributed by atoms with Crippen LogP contribution in [0, 0.1) is 0 Å². The molecule has 0 aromatic heterocycles. The second-order valence-corrected chi connectivity index (χ2v) is 22.8. The van der Waals surface area contributed by atoms with E-state index in [2.05, 4.69) is 89.6 Å². The summed E-state index contributed by atoms with van der Waals surface area (Å²) in [5.74, 6) is 0. The molecule has 2 nitrogen and oxygen atoms in total. The van der Waals surface area contributed by atoms with E-state index in [0.717, 1.165) is 0 Å². The van der Waals surface area contributed by atoms with E-state index in [9.17, 15) is 0 Å². The summed E-state index contributed by atoms with van der Waals surface area (Å²) >= 11 is 0. The number of rotatable bonds is 10. The molecule has 0 aliphatic carbocycles. The van der Waals surface area contributed by atoms with E-state index >= 15 is 0 Å². The predicted octanol–water partition coefficient (Wildman–Crippen LogP) is 7.22. The fourth-order valence-electron chi connectivity index (χ4n) is 5.42. The van der Waals surface area contributed by atoms with E-state index in [1.165, 1.54) is 0 Å². The highest BCUT2D eigenvalue weighted by Crippen LogP contribution is 2.46. The van der Waals surface area contributed by atoms with Crippen molar-refractivity contribution in [3.8, 4) is 0 Å². The summed E-state index contributed by atoms with van der Waals surface area (Å²) in [6.45, 7) is 30.7. The van der Waals surface area contributed by atoms with Gasteiger partial charge in [-0.05, 0) is 39.8 Å². The average molecular weight is 391 g/mol. The highest BCUT2D eigenvalue weighted by molar-refractivity contribution is 6.86. The number of hydrogen-bond acceptors (Lipinski definition) is 2. The lowest BCUT2D eigenvalue weighted by Gasteiger charge is -2.48. The molecule has 0 fully saturated rings. The zero-order valence-corrected chi connectivity index (χ0v) is 22.0. The van der Waals surface area contributed by atoms with Crippen LogP contribution >= 0.6 is 0 Å². The van der Waals surface area contributed by atoms with E-state index in [1.54, 1.807) is 0 Å². The lowest BCUT2D eigenvalue weighted by Crippen LogP contribution is -2.56. The molecule has 0 spiro atoms. The highest BCUT2D eigenvalue weighted by atomic mass is 28.4. The first kappa shape index (κ1) is 24.6. The fourth-order valence-corrected chi connectivity index (χ4v) is 25.2. The molecule has 0 bridgehead atoms. The van der Waals surface area contributed by atoms with Gasteiger partial charge in [0.15, 0.2) is 16.6 Å². The molecule has 0 aliphatic heterocycles. The van der Waals surface area contributed by atoms with Crippen LogP contribution in [0.4, 0.5) is 0 Å². The fraction of sp³-hybridized carbons (Fsp3) is 1.00. The van der Waals surface area contributed by atoms with Gasteiger partial charge < -0.3 is 8.23 Å². The minimum Gasteiger partial charge on any atom is -0.438 e. The molecule has 0 aromatic rings. The zero-order chi connectivity index (χ0) is 19.5. The molecule has 0 aromatic carbocycles. The minimum atomic E-state index is -1.84. The van der Waals surface area contributed by atoms with E-state index in [-0.39, 0.29) is 0 Å². The van der Waals surface area contributed by atoms with Crippen molar-refractivity contribution >= 4 is 25.9 Å². The van der Waals surface area contributed by atoms with Crippen molar-refractivity contribution < 1.29 is 8.23 Å². The molecule has 0 heterocycles. The van der Waals surface area contributed by atoms with Crippen LogP contribution in [-0.4, -0.2) is 25.9 Å². The summed E-state index contributed by atoms with van der Waals surface area (Å²) in [5.41, 5.74) is 3.77. The normalized spacial score (nSPS) is 14.5. The molecule has 5 heteroatoms. The SMILES string of the molecule is CC(C)[Si](O[SiH](C)O[Si](C(C)C)(C(C)C)C(C)C)(C(C)C)C(C)C. The smallest absolute Gasteiger partial charge is 0.297 e. The summed E-state index contributed by atoms with van der Waals surface area (Å²) in [4.78, 5) is 0. The summed E-state index contributed by atoms with van der Waals surface area (Å²) in [5, 5.41) is 0. The zero-order valence-electron chi connectivity index (χ0n) is 18.9. The Morgan fingerprint density at radius 1 is 0.458 bits per heavy atom. The van der Waals surface area contributed by atoms with Crippen LogP contribution in [0.5, 0.6) is 0 Å². The first-order valence-corrected chi connectivity index (χ1v) is 16.5. The molecular formula is C19H46O2Si3. The van der Waals surface area contributed by atoms with E-state index in [1.807, 2.05) is 0 Å². The standard InChI is InChI=1S/C19H46O2Si3/c1-14(2)23(15(3)4,16(5)6)20-22(13)21-24(17(7)8,18(9)10)19(11)12/h14-19,22H,1-13H3. The molecule has 0 N–H and O–H groups in total. The quantitative estimate of drug-likeness (QED) is 0.366. The third kappa shape index (κ3) is 4.84. The first-order chi connectivity index (χ1) is 10.8. The van der Waals surface area contributed by atoms with Gasteiger partial charge in [-0.25, -0.2) is 0 Å². The van der Waals surface area contributed by atoms with Gasteiger partial charge in [0.1, 0.15) is 0 Å². The predicted molar refractivity (Wildman–Crippen MR) is 117 cm³/mol. The van der Waals surface area contributed by atoms with Gasteiger partial charge in [0.05, 0.1) is 0 Å². The van der Waals surface area contributed by atoms with Crippen LogP contribution in [0.2, 0.25) is 39.8 Å². The van der Waals surface area contributed by atoms with Crippen molar-refractivity contribution in [1.29, 1.82) is 0 Å². The van der Waals surface area contributed by atoms with Crippen molar-refractivity contribution in [2.75, 3.05) is 0 Å². The Bertz CT molecular complexity index is 288. The Morgan fingerprint density at radius 2 is 0.625 bits per heavy atom. The lowest BCUT2D eigenvalue weighted by atomic mass is 10.5. The van der Waals surface area contributed by atoms with E-state index < -0.39 is 25.9 Å². The van der Waals surface area contributed by atoms with Crippen LogP contribution in [-0.2, 0) is 8.23 Å². The summed E-state index contributed by atoms with van der Waals surface area (Å²) in [6, 6.07) is 0. The molecule has 0 radical (unpaired) electrons. The van der Waals surface area contributed by atoms with E-state index in [4.69, 9.17) is 8.23 Å². The van der Waals surface area contributed by atoms with Gasteiger partial charge in [0.2, 0.25) is 0 Å². The molecular weight excluding hydrogens is 344 g/mol. The van der Waals surface area contributed by atoms with Gasteiger partial charge in [0.25, 0.3) is 9.28 Å². The van der Waals surface area contributed by atoms with E-state index in [0.29, 0.717) is 33.2 Å². The van der Waals surface area contributed by atoms with Gasteiger partial charge in [-0.2, -0.15) is 0 Å². The Morgan fingerprint density at radius 3 is 0.750 bits per heavy atom. The van der Waals surface area contributed by atoms with Crippen molar-refractivity contribution in [3.05, 3.63) is 0 Å². The monoisotopic (exact) mass is 390 g/mol. The maximum atomic E-state index is 7.02. The van der Waals surface area contributed by atoms with Crippen molar-refractivity contribution in [2.24, 2.45) is 0 Å². The second-order valence-electron chi connectivity index (χ2n) is 9.44. The largest absolute Gasteiger partial charge is 0.438 e. The highest BCUT2D eigenvalue weighted by Gasteiger charge is 2.50. The second kappa shape index (κ2) is 9.49. The summed E-state index contributed by atoms with van der Waals surface area (Å²) < 4.78 is 14.0. The molecule has 0 unspecified atom stereocenters. The summed E-state index contributed by atoms with van der Waals surface area (Å²) in [7, 11) is -5.34. The van der Waals surface area contributed by atoms with Gasteiger partial charge in [-0.3, -0.25) is 0 Å². The molecule has 0 atom stereocenters. The molecule has 0 saturated heterocycles. The molecule has 146 valence electrons. The van der Waals surface area contributed by atoms with Crippen LogP contribution in [0.1, 0.15) is 83.1 Å². The minimum absolute atomic E-state index is 0.629. The Kier molecular flexibility index (Phi) is 9.72. The molecule has 0 amide bonds. The molecule has 0 saturated carbocycles. The van der Waals surface area contributed by atoms with Gasteiger partial charge in [-0.1, -0.05) is 83.1 Å². The molecule has 24 heavy (non-hydrogen) atoms. The maximum absolute atomic E-state index is 7.02. The van der Waals surface area contributed by atoms with Crippen LogP contribution in [0.25, 0.3) is 0 Å². The first-order valence-electron chi connectivity index (χ1n) is 10.1. The average Bonchev–Trinajstić information content (AvgIpc) is 2.39. The summed E-state index contributed by atoms with van der Waals surface area (Å²) in [6.07, 6.45) is 0. The van der Waals surface area contributed by atoms with Gasteiger partial charge >= 0.3 is 0 Å². The third-order valence-electron chi connectivity index (χ3n) is 6.15. The van der Waals surface area contributed by atoms with Crippen LogP contribution in [0.15, 0.2) is 0 Å².